The topological polar surface area (TPSA) is 153 Å². The highest BCUT2D eigenvalue weighted by molar-refractivity contribution is 7.89. The molecule has 0 aliphatic carbocycles. The number of methoxy groups -OCH3 is 1. The summed E-state index contributed by atoms with van der Waals surface area (Å²) in [5.74, 6) is -0.0538. The number of morpholine rings is 1. The lowest BCUT2D eigenvalue weighted by Crippen LogP contribution is -2.37. The van der Waals surface area contributed by atoms with E-state index in [1.807, 2.05) is 4.90 Å². The summed E-state index contributed by atoms with van der Waals surface area (Å²) in [6.07, 6.45) is 0. The van der Waals surface area contributed by atoms with Crippen molar-refractivity contribution in [3.05, 3.63) is 34.6 Å². The van der Waals surface area contributed by atoms with Gasteiger partial charge < -0.3 is 18.8 Å². The predicted octanol–water partition coefficient (Wildman–Crippen LogP) is -0.370. The first kappa shape index (κ1) is 19.3. The van der Waals surface area contributed by atoms with Crippen molar-refractivity contribution >= 4 is 27.1 Å². The van der Waals surface area contributed by atoms with Gasteiger partial charge in [0.1, 0.15) is 0 Å². The second-order valence-electron chi connectivity index (χ2n) is 6.13. The fourth-order valence-electron chi connectivity index (χ4n) is 2.80. The molecule has 154 valence electrons. The Morgan fingerprint density at radius 3 is 2.79 bits per heavy atom. The molecule has 0 amide bonds. The van der Waals surface area contributed by atoms with E-state index in [0.29, 0.717) is 32.3 Å². The number of ether oxygens (including phenoxy) is 2. The monoisotopic (exact) mass is 422 g/mol. The van der Waals surface area contributed by atoms with Crippen LogP contribution in [0.2, 0.25) is 0 Å². The molecule has 0 unspecified atom stereocenters. The molecule has 3 heterocycles. The second kappa shape index (κ2) is 7.77. The Labute approximate surface area is 164 Å². The Balaban J connectivity index is 1.55. The van der Waals surface area contributed by atoms with Crippen molar-refractivity contribution in [2.75, 3.05) is 38.3 Å². The molecule has 0 atom stereocenters. The number of nitrogens with one attached hydrogen (secondary N) is 2. The van der Waals surface area contributed by atoms with Crippen LogP contribution in [-0.2, 0) is 21.3 Å². The normalized spacial score (nSPS) is 15.0. The van der Waals surface area contributed by atoms with E-state index in [1.165, 1.54) is 25.3 Å². The standard InChI is InChI=1S/C16H18N6O6S/c1-26-15-20-13(19-14(21-15)22-4-6-27-7-5-22)9-17-29(24,25)10-2-3-12-11(8-10)18-16(23)28-12/h2-3,8,17H,4-7,9H2,1H3,(H,18,23). The first-order valence-corrected chi connectivity index (χ1v) is 10.2. The zero-order valence-electron chi connectivity index (χ0n) is 15.4. The van der Waals surface area contributed by atoms with Gasteiger partial charge in [0.15, 0.2) is 11.4 Å². The molecule has 2 N–H and O–H groups in total. The summed E-state index contributed by atoms with van der Waals surface area (Å²) in [4.78, 5) is 28.2. The van der Waals surface area contributed by atoms with Crippen molar-refractivity contribution in [3.63, 3.8) is 0 Å². The van der Waals surface area contributed by atoms with Crippen molar-refractivity contribution in [1.29, 1.82) is 0 Å². The Kier molecular flexibility index (Phi) is 5.17. The van der Waals surface area contributed by atoms with Gasteiger partial charge in [-0.25, -0.2) is 17.9 Å². The van der Waals surface area contributed by atoms with Crippen LogP contribution in [0.3, 0.4) is 0 Å². The maximum Gasteiger partial charge on any atom is 0.417 e. The quantitative estimate of drug-likeness (QED) is 0.538. The van der Waals surface area contributed by atoms with Crippen LogP contribution in [0, 0.1) is 0 Å². The molecule has 13 heteroatoms. The number of hydrogen-bond donors (Lipinski definition) is 2. The number of nitrogens with zero attached hydrogens (tertiary/aromatic N) is 4. The van der Waals surface area contributed by atoms with Gasteiger partial charge in [-0.1, -0.05) is 0 Å². The third kappa shape index (κ3) is 4.21. The number of oxazole rings is 1. The van der Waals surface area contributed by atoms with Crippen LogP contribution < -0.4 is 20.1 Å². The number of aromatic nitrogens is 4. The van der Waals surface area contributed by atoms with Gasteiger partial charge in [-0.15, -0.1) is 0 Å². The SMILES string of the molecule is COc1nc(CNS(=O)(=O)c2ccc3oc(=O)[nH]c3c2)nc(N2CCOCC2)n1. The molecule has 12 nitrogen and oxygen atoms in total. The first-order chi connectivity index (χ1) is 13.9. The number of benzene rings is 1. The van der Waals surface area contributed by atoms with Crippen LogP contribution in [0.15, 0.2) is 32.3 Å². The van der Waals surface area contributed by atoms with E-state index in [9.17, 15) is 13.2 Å². The van der Waals surface area contributed by atoms with Crippen LogP contribution in [0.4, 0.5) is 5.95 Å². The van der Waals surface area contributed by atoms with E-state index < -0.39 is 15.8 Å². The molecule has 0 spiro atoms. The van der Waals surface area contributed by atoms with E-state index in [2.05, 4.69) is 24.7 Å². The minimum atomic E-state index is -3.89. The second-order valence-corrected chi connectivity index (χ2v) is 7.90. The van der Waals surface area contributed by atoms with Gasteiger partial charge in [-0.05, 0) is 18.2 Å². The summed E-state index contributed by atoms with van der Waals surface area (Å²) in [6, 6.07) is 4.15. The van der Waals surface area contributed by atoms with Gasteiger partial charge in [-0.2, -0.15) is 15.0 Å². The minimum absolute atomic E-state index is 0.0310. The van der Waals surface area contributed by atoms with Crippen LogP contribution in [0.25, 0.3) is 11.1 Å². The van der Waals surface area contributed by atoms with Crippen LogP contribution in [0.1, 0.15) is 5.82 Å². The molecule has 1 fully saturated rings. The maximum absolute atomic E-state index is 12.6. The number of sulfonamides is 1. The lowest BCUT2D eigenvalue weighted by molar-refractivity contribution is 0.122. The molecule has 0 saturated carbocycles. The molecule has 1 aromatic carbocycles. The van der Waals surface area contributed by atoms with Crippen molar-refractivity contribution < 1.29 is 22.3 Å². The van der Waals surface area contributed by atoms with Gasteiger partial charge in [0, 0.05) is 13.1 Å². The molecule has 3 aromatic rings. The summed E-state index contributed by atoms with van der Waals surface area (Å²) in [6.45, 7) is 2.16. The molecular weight excluding hydrogens is 404 g/mol. The van der Waals surface area contributed by atoms with E-state index in [-0.39, 0.29) is 34.4 Å². The van der Waals surface area contributed by atoms with Crippen molar-refractivity contribution in [3.8, 4) is 6.01 Å². The molecule has 29 heavy (non-hydrogen) atoms. The number of fused-ring (bicyclic) bond motifs is 1. The first-order valence-electron chi connectivity index (χ1n) is 8.69. The summed E-state index contributed by atoms with van der Waals surface area (Å²) in [7, 11) is -2.46. The highest BCUT2D eigenvalue weighted by atomic mass is 32.2. The van der Waals surface area contributed by atoms with Crippen LogP contribution >= 0.6 is 0 Å². The van der Waals surface area contributed by atoms with Gasteiger partial charge in [0.05, 0.1) is 37.3 Å². The van der Waals surface area contributed by atoms with Gasteiger partial charge >= 0.3 is 11.8 Å². The number of hydrogen-bond acceptors (Lipinski definition) is 10. The highest BCUT2D eigenvalue weighted by Gasteiger charge is 2.19. The zero-order valence-corrected chi connectivity index (χ0v) is 16.2. The number of H-pyrrole nitrogens is 1. The lowest BCUT2D eigenvalue weighted by Gasteiger charge is -2.26. The summed E-state index contributed by atoms with van der Waals surface area (Å²) < 4.78 is 43.0. The fourth-order valence-corrected chi connectivity index (χ4v) is 3.81. The van der Waals surface area contributed by atoms with Crippen LogP contribution in [-0.4, -0.2) is 61.8 Å². The maximum atomic E-state index is 12.6. The fraction of sp³-hybridized carbons (Fsp3) is 0.375. The van der Waals surface area contributed by atoms with Gasteiger partial charge in [0.25, 0.3) is 0 Å². The number of aromatic amines is 1. The molecular formula is C16H18N6O6S. The van der Waals surface area contributed by atoms with Crippen molar-refractivity contribution in [2.45, 2.75) is 11.4 Å². The molecule has 0 radical (unpaired) electrons. The van der Waals surface area contributed by atoms with Crippen molar-refractivity contribution in [1.82, 2.24) is 24.7 Å². The molecule has 1 aliphatic heterocycles. The molecule has 1 aliphatic rings. The average Bonchev–Trinajstić information content (AvgIpc) is 3.12. The zero-order chi connectivity index (χ0) is 20.4. The molecule has 4 rings (SSSR count). The Morgan fingerprint density at radius 1 is 1.24 bits per heavy atom. The Bertz CT molecular complexity index is 1180. The molecule has 1 saturated heterocycles. The van der Waals surface area contributed by atoms with Crippen molar-refractivity contribution in [2.24, 2.45) is 0 Å². The Hall–Kier alpha value is -3.03. The predicted molar refractivity (Wildman–Crippen MR) is 100 cm³/mol. The Morgan fingerprint density at radius 2 is 2.03 bits per heavy atom. The van der Waals surface area contributed by atoms with E-state index in [4.69, 9.17) is 13.9 Å². The molecule has 2 aromatic heterocycles. The van der Waals surface area contributed by atoms with Crippen LogP contribution in [0.5, 0.6) is 6.01 Å². The van der Waals surface area contributed by atoms with E-state index in [0.717, 1.165) is 0 Å². The average molecular weight is 422 g/mol. The summed E-state index contributed by atoms with van der Waals surface area (Å²) >= 11 is 0. The molecule has 0 bridgehead atoms. The summed E-state index contributed by atoms with van der Waals surface area (Å²) in [5, 5.41) is 0. The highest BCUT2D eigenvalue weighted by Crippen LogP contribution is 2.17. The minimum Gasteiger partial charge on any atom is -0.467 e. The largest absolute Gasteiger partial charge is 0.467 e. The third-order valence-electron chi connectivity index (χ3n) is 4.25. The number of rotatable bonds is 6. The van der Waals surface area contributed by atoms with Gasteiger partial charge in [-0.3, -0.25) is 4.98 Å². The van der Waals surface area contributed by atoms with E-state index in [1.54, 1.807) is 0 Å². The number of anilines is 1. The summed E-state index contributed by atoms with van der Waals surface area (Å²) in [5.41, 5.74) is 0.556. The van der Waals surface area contributed by atoms with E-state index >= 15 is 0 Å². The lowest BCUT2D eigenvalue weighted by atomic mass is 10.3. The van der Waals surface area contributed by atoms with Gasteiger partial charge in [0.2, 0.25) is 16.0 Å². The third-order valence-corrected chi connectivity index (χ3v) is 5.65. The smallest absolute Gasteiger partial charge is 0.417 e.